The van der Waals surface area contributed by atoms with Crippen molar-refractivity contribution in [2.75, 3.05) is 17.2 Å². The Balaban J connectivity index is 1.69. The van der Waals surface area contributed by atoms with Crippen molar-refractivity contribution in [1.82, 2.24) is 0 Å². The van der Waals surface area contributed by atoms with Crippen molar-refractivity contribution in [2.24, 2.45) is 0 Å². The fourth-order valence-corrected chi connectivity index (χ4v) is 3.63. The summed E-state index contributed by atoms with van der Waals surface area (Å²) < 4.78 is 5.48. The zero-order chi connectivity index (χ0) is 24.7. The quantitative estimate of drug-likeness (QED) is 0.277. The SMILES string of the molecule is Cc1ccccc1NC(=O)/C(C#N)=C/c1cc(Cl)c(OCC(=O)Nc2ccc(Cl)cc2)c(Cl)c1. The number of amides is 2. The molecule has 172 valence electrons. The van der Waals surface area contributed by atoms with Gasteiger partial charge in [-0.1, -0.05) is 53.0 Å². The molecule has 3 aromatic rings. The summed E-state index contributed by atoms with van der Waals surface area (Å²) in [5.74, 6) is -0.879. The van der Waals surface area contributed by atoms with E-state index in [0.717, 1.165) is 5.56 Å². The highest BCUT2D eigenvalue weighted by Crippen LogP contribution is 2.35. The first-order valence-electron chi connectivity index (χ1n) is 9.93. The van der Waals surface area contributed by atoms with Crippen LogP contribution in [0.3, 0.4) is 0 Å². The molecular weight excluding hydrogens is 497 g/mol. The third-order valence-electron chi connectivity index (χ3n) is 4.57. The van der Waals surface area contributed by atoms with Crippen molar-refractivity contribution < 1.29 is 14.3 Å². The summed E-state index contributed by atoms with van der Waals surface area (Å²) in [5, 5.41) is 15.6. The molecule has 2 N–H and O–H groups in total. The summed E-state index contributed by atoms with van der Waals surface area (Å²) >= 11 is 18.4. The number of nitrogens with zero attached hydrogens (tertiary/aromatic N) is 1. The molecule has 0 saturated heterocycles. The van der Waals surface area contributed by atoms with Gasteiger partial charge in [0.2, 0.25) is 0 Å². The number of para-hydroxylation sites is 1. The lowest BCUT2D eigenvalue weighted by molar-refractivity contribution is -0.118. The minimum Gasteiger partial charge on any atom is -0.481 e. The molecule has 0 fully saturated rings. The number of nitriles is 1. The maximum atomic E-state index is 12.5. The number of carbonyl (C=O) groups excluding carboxylic acids is 2. The molecule has 34 heavy (non-hydrogen) atoms. The third kappa shape index (κ3) is 6.75. The molecule has 0 heterocycles. The van der Waals surface area contributed by atoms with Crippen LogP contribution in [0, 0.1) is 18.3 Å². The van der Waals surface area contributed by atoms with E-state index < -0.39 is 11.8 Å². The van der Waals surface area contributed by atoms with E-state index in [4.69, 9.17) is 39.5 Å². The summed E-state index contributed by atoms with van der Waals surface area (Å²) in [6.45, 7) is 1.51. The van der Waals surface area contributed by atoms with Crippen molar-refractivity contribution in [1.29, 1.82) is 5.26 Å². The Morgan fingerprint density at radius 1 is 1.00 bits per heavy atom. The second kappa shape index (κ2) is 11.6. The highest BCUT2D eigenvalue weighted by atomic mass is 35.5. The van der Waals surface area contributed by atoms with Gasteiger partial charge in [0.1, 0.15) is 11.6 Å². The lowest BCUT2D eigenvalue weighted by Crippen LogP contribution is -2.20. The van der Waals surface area contributed by atoms with E-state index >= 15 is 0 Å². The van der Waals surface area contributed by atoms with E-state index in [1.54, 1.807) is 36.4 Å². The van der Waals surface area contributed by atoms with E-state index in [0.29, 0.717) is 22.0 Å². The molecular formula is C25H18Cl3N3O3. The second-order valence-electron chi connectivity index (χ2n) is 7.10. The van der Waals surface area contributed by atoms with E-state index in [1.165, 1.54) is 18.2 Å². The Morgan fingerprint density at radius 2 is 1.65 bits per heavy atom. The fraction of sp³-hybridized carbons (Fsp3) is 0.0800. The number of nitrogens with one attached hydrogen (secondary N) is 2. The molecule has 0 bridgehead atoms. The number of halogens is 3. The number of ether oxygens (including phenoxy) is 1. The molecule has 0 aliphatic rings. The Hall–Kier alpha value is -3.50. The first-order chi connectivity index (χ1) is 16.3. The third-order valence-corrected chi connectivity index (χ3v) is 5.38. The molecule has 2 amide bonds. The van der Waals surface area contributed by atoms with E-state index in [2.05, 4.69) is 10.6 Å². The maximum absolute atomic E-state index is 12.5. The lowest BCUT2D eigenvalue weighted by atomic mass is 10.1. The van der Waals surface area contributed by atoms with Crippen LogP contribution in [0.5, 0.6) is 5.75 Å². The summed E-state index contributed by atoms with van der Waals surface area (Å²) in [6.07, 6.45) is 1.36. The monoisotopic (exact) mass is 513 g/mol. The smallest absolute Gasteiger partial charge is 0.266 e. The second-order valence-corrected chi connectivity index (χ2v) is 8.35. The molecule has 9 heteroatoms. The summed E-state index contributed by atoms with van der Waals surface area (Å²) in [6, 6.07) is 18.7. The fourth-order valence-electron chi connectivity index (χ4n) is 2.89. The van der Waals surface area contributed by atoms with Gasteiger partial charge in [0, 0.05) is 16.4 Å². The van der Waals surface area contributed by atoms with Gasteiger partial charge < -0.3 is 15.4 Å². The van der Waals surface area contributed by atoms with Gasteiger partial charge in [0.05, 0.1) is 10.0 Å². The van der Waals surface area contributed by atoms with Gasteiger partial charge in [-0.25, -0.2) is 0 Å². The molecule has 0 saturated carbocycles. The summed E-state index contributed by atoms with van der Waals surface area (Å²) in [4.78, 5) is 24.7. The highest BCUT2D eigenvalue weighted by molar-refractivity contribution is 6.37. The van der Waals surface area contributed by atoms with Crippen LogP contribution in [0.4, 0.5) is 11.4 Å². The van der Waals surface area contributed by atoms with Gasteiger partial charge in [-0.2, -0.15) is 5.26 Å². The Kier molecular flexibility index (Phi) is 8.55. The lowest BCUT2D eigenvalue weighted by Gasteiger charge is -2.12. The average molecular weight is 515 g/mol. The molecule has 3 rings (SSSR count). The number of anilines is 2. The minimum absolute atomic E-state index is 0.106. The van der Waals surface area contributed by atoms with Gasteiger partial charge in [-0.3, -0.25) is 9.59 Å². The maximum Gasteiger partial charge on any atom is 0.266 e. The Bertz CT molecular complexity index is 1280. The van der Waals surface area contributed by atoms with Crippen LogP contribution in [-0.2, 0) is 9.59 Å². The molecule has 0 aromatic heterocycles. The van der Waals surface area contributed by atoms with Gasteiger partial charge >= 0.3 is 0 Å². The molecule has 3 aromatic carbocycles. The largest absolute Gasteiger partial charge is 0.481 e. The van der Waals surface area contributed by atoms with Crippen LogP contribution in [0.1, 0.15) is 11.1 Å². The van der Waals surface area contributed by atoms with Crippen molar-refractivity contribution in [2.45, 2.75) is 6.92 Å². The Morgan fingerprint density at radius 3 is 2.26 bits per heavy atom. The van der Waals surface area contributed by atoms with Crippen molar-refractivity contribution >= 4 is 64.1 Å². The van der Waals surface area contributed by atoms with Crippen molar-refractivity contribution in [3.63, 3.8) is 0 Å². The molecule has 0 unspecified atom stereocenters. The van der Waals surface area contributed by atoms with E-state index in [9.17, 15) is 14.9 Å². The first-order valence-corrected chi connectivity index (χ1v) is 11.1. The zero-order valence-corrected chi connectivity index (χ0v) is 20.1. The number of aryl methyl sites for hydroxylation is 1. The first kappa shape index (κ1) is 25.1. The van der Waals surface area contributed by atoms with Crippen LogP contribution < -0.4 is 15.4 Å². The van der Waals surface area contributed by atoms with Gasteiger partial charge in [0.25, 0.3) is 11.8 Å². The highest BCUT2D eigenvalue weighted by Gasteiger charge is 2.15. The van der Waals surface area contributed by atoms with Gasteiger partial charge in [0.15, 0.2) is 12.4 Å². The van der Waals surface area contributed by atoms with Crippen LogP contribution >= 0.6 is 34.8 Å². The number of carbonyl (C=O) groups is 2. The summed E-state index contributed by atoms with van der Waals surface area (Å²) in [5.41, 5.74) is 2.31. The van der Waals surface area contributed by atoms with E-state index in [1.807, 2.05) is 25.1 Å². The van der Waals surface area contributed by atoms with Crippen LogP contribution in [0.15, 0.2) is 66.2 Å². The molecule has 6 nitrogen and oxygen atoms in total. The van der Waals surface area contributed by atoms with Crippen molar-refractivity contribution in [3.8, 4) is 11.8 Å². The molecule has 0 aliphatic carbocycles. The van der Waals surface area contributed by atoms with E-state index in [-0.39, 0.29) is 28.0 Å². The normalized spacial score (nSPS) is 10.9. The predicted molar refractivity (Wildman–Crippen MR) is 135 cm³/mol. The summed E-state index contributed by atoms with van der Waals surface area (Å²) in [7, 11) is 0. The van der Waals surface area contributed by atoms with Crippen molar-refractivity contribution in [3.05, 3.63) is 92.4 Å². The predicted octanol–water partition coefficient (Wildman–Crippen LogP) is 6.52. The number of benzene rings is 3. The van der Waals surface area contributed by atoms with Gasteiger partial charge in [-0.05, 0) is 66.6 Å². The standard InChI is InChI=1S/C25H18Cl3N3O3/c1-15-4-2-3-5-22(15)31-25(33)17(13-29)10-16-11-20(27)24(21(28)12-16)34-14-23(32)30-19-8-6-18(26)7-9-19/h2-12H,14H2,1H3,(H,30,32)(H,31,33)/b17-10+. The van der Waals surface area contributed by atoms with Crippen LogP contribution in [-0.4, -0.2) is 18.4 Å². The molecule has 0 atom stereocenters. The zero-order valence-electron chi connectivity index (χ0n) is 17.9. The number of hydrogen-bond acceptors (Lipinski definition) is 4. The molecule has 0 aliphatic heterocycles. The minimum atomic E-state index is -0.566. The molecule has 0 spiro atoms. The average Bonchev–Trinajstić information content (AvgIpc) is 2.80. The Labute approximate surface area is 211 Å². The van der Waals surface area contributed by atoms with Crippen LogP contribution in [0.25, 0.3) is 6.08 Å². The molecule has 0 radical (unpaired) electrons. The number of hydrogen-bond donors (Lipinski definition) is 2. The van der Waals surface area contributed by atoms with Gasteiger partial charge in [-0.15, -0.1) is 0 Å². The number of rotatable bonds is 7. The van der Waals surface area contributed by atoms with Crippen LogP contribution in [0.2, 0.25) is 15.1 Å². The topological polar surface area (TPSA) is 91.2 Å².